The third kappa shape index (κ3) is 4.96. The number of amides is 3. The Morgan fingerprint density at radius 3 is 2.05 bits per heavy atom. The molecule has 2 aromatic rings. The molecule has 194 valence electrons. The quantitative estimate of drug-likeness (QED) is 0.569. The Hall–Kier alpha value is -3.72. The van der Waals surface area contributed by atoms with Crippen LogP contribution in [-0.4, -0.2) is 64.7 Å². The van der Waals surface area contributed by atoms with E-state index in [0.29, 0.717) is 5.06 Å². The SMILES string of the molecule is CC(C)(C)OC1CC(C(=O)ON2C(=O)CCC2=O)N(C(=O)OCC2c3ccccc3-c3ccccc32)C1. The Balaban J connectivity index is 1.32. The number of likely N-dealkylation sites (tertiary alicyclic amines) is 1. The van der Waals surface area contributed by atoms with Gasteiger partial charge < -0.3 is 14.3 Å². The zero-order chi connectivity index (χ0) is 26.3. The number of carbonyl (C=O) groups excluding carboxylic acids is 4. The van der Waals surface area contributed by atoms with Gasteiger partial charge >= 0.3 is 12.1 Å². The molecule has 2 saturated heterocycles. The summed E-state index contributed by atoms with van der Waals surface area (Å²) >= 11 is 0. The Morgan fingerprint density at radius 1 is 0.919 bits per heavy atom. The number of fused-ring (bicyclic) bond motifs is 3. The summed E-state index contributed by atoms with van der Waals surface area (Å²) in [6.07, 6.45) is -0.979. The maximum absolute atomic E-state index is 13.3. The summed E-state index contributed by atoms with van der Waals surface area (Å²) in [7, 11) is 0. The molecule has 0 radical (unpaired) electrons. The van der Waals surface area contributed by atoms with E-state index in [9.17, 15) is 19.2 Å². The van der Waals surface area contributed by atoms with Crippen molar-refractivity contribution >= 4 is 23.9 Å². The summed E-state index contributed by atoms with van der Waals surface area (Å²) in [4.78, 5) is 56.7. The Kier molecular flexibility index (Phi) is 6.49. The van der Waals surface area contributed by atoms with E-state index in [2.05, 4.69) is 12.1 Å². The van der Waals surface area contributed by atoms with Crippen LogP contribution in [0.5, 0.6) is 0 Å². The zero-order valence-corrected chi connectivity index (χ0v) is 21.1. The third-order valence-corrected chi connectivity index (χ3v) is 6.81. The second-order valence-electron chi connectivity index (χ2n) is 10.6. The fraction of sp³-hybridized carbons (Fsp3) is 0.429. The van der Waals surface area contributed by atoms with Crippen molar-refractivity contribution in [2.24, 2.45) is 0 Å². The maximum Gasteiger partial charge on any atom is 0.410 e. The minimum absolute atomic E-state index is 0.0113. The highest BCUT2D eigenvalue weighted by Crippen LogP contribution is 2.44. The normalized spacial score (nSPS) is 21.3. The van der Waals surface area contributed by atoms with Crippen molar-refractivity contribution in [2.45, 2.75) is 63.7 Å². The van der Waals surface area contributed by atoms with Crippen molar-refractivity contribution in [3.05, 3.63) is 59.7 Å². The molecule has 37 heavy (non-hydrogen) atoms. The fourth-order valence-electron chi connectivity index (χ4n) is 5.29. The van der Waals surface area contributed by atoms with Crippen molar-refractivity contribution in [2.75, 3.05) is 13.2 Å². The number of carbonyl (C=O) groups is 4. The van der Waals surface area contributed by atoms with Crippen molar-refractivity contribution < 1.29 is 33.5 Å². The van der Waals surface area contributed by atoms with Crippen LogP contribution < -0.4 is 0 Å². The Labute approximate surface area is 215 Å². The smallest absolute Gasteiger partial charge is 0.410 e. The third-order valence-electron chi connectivity index (χ3n) is 6.81. The largest absolute Gasteiger partial charge is 0.448 e. The van der Waals surface area contributed by atoms with E-state index >= 15 is 0 Å². The summed E-state index contributed by atoms with van der Waals surface area (Å²) in [5.74, 6) is -2.15. The van der Waals surface area contributed by atoms with E-state index in [0.717, 1.165) is 22.3 Å². The molecule has 3 aliphatic rings. The Morgan fingerprint density at radius 2 is 1.49 bits per heavy atom. The molecule has 2 heterocycles. The predicted molar refractivity (Wildman–Crippen MR) is 132 cm³/mol. The molecule has 1 aliphatic carbocycles. The van der Waals surface area contributed by atoms with Gasteiger partial charge in [-0.25, -0.2) is 9.59 Å². The maximum atomic E-state index is 13.3. The molecule has 2 atom stereocenters. The van der Waals surface area contributed by atoms with Gasteiger partial charge in [0.2, 0.25) is 0 Å². The molecule has 2 unspecified atom stereocenters. The number of imide groups is 1. The first kappa shape index (κ1) is 25.0. The lowest BCUT2D eigenvalue weighted by atomic mass is 9.98. The first-order valence-electron chi connectivity index (χ1n) is 12.5. The first-order valence-corrected chi connectivity index (χ1v) is 12.5. The summed E-state index contributed by atoms with van der Waals surface area (Å²) < 4.78 is 11.8. The monoisotopic (exact) mass is 506 g/mol. The lowest BCUT2D eigenvalue weighted by Gasteiger charge is -2.25. The van der Waals surface area contributed by atoms with Gasteiger partial charge in [0.1, 0.15) is 12.6 Å². The molecule has 2 fully saturated rings. The number of rotatable bonds is 5. The lowest BCUT2D eigenvalue weighted by Crippen LogP contribution is -2.45. The van der Waals surface area contributed by atoms with Crippen LogP contribution in [0.25, 0.3) is 11.1 Å². The van der Waals surface area contributed by atoms with Gasteiger partial charge in [0.25, 0.3) is 11.8 Å². The van der Waals surface area contributed by atoms with Crippen molar-refractivity contribution in [3.8, 4) is 11.1 Å². The van der Waals surface area contributed by atoms with Gasteiger partial charge in [-0.2, -0.15) is 0 Å². The van der Waals surface area contributed by atoms with E-state index in [1.54, 1.807) is 0 Å². The number of benzene rings is 2. The van der Waals surface area contributed by atoms with Crippen LogP contribution in [0.2, 0.25) is 0 Å². The molecule has 2 aliphatic heterocycles. The highest BCUT2D eigenvalue weighted by Gasteiger charge is 2.46. The van der Waals surface area contributed by atoms with Gasteiger partial charge in [-0.15, -0.1) is 5.06 Å². The predicted octanol–water partition coefficient (Wildman–Crippen LogP) is 3.80. The van der Waals surface area contributed by atoms with Crippen LogP contribution in [0.3, 0.4) is 0 Å². The van der Waals surface area contributed by atoms with Gasteiger partial charge in [-0.05, 0) is 43.0 Å². The molecule has 9 nitrogen and oxygen atoms in total. The van der Waals surface area contributed by atoms with Crippen LogP contribution in [0.1, 0.15) is 57.1 Å². The van der Waals surface area contributed by atoms with E-state index in [1.807, 2.05) is 57.2 Å². The molecule has 2 aromatic carbocycles. The van der Waals surface area contributed by atoms with Crippen LogP contribution in [0.4, 0.5) is 4.79 Å². The number of hydrogen-bond donors (Lipinski definition) is 0. The number of hydroxylamine groups is 2. The summed E-state index contributed by atoms with van der Waals surface area (Å²) in [6.45, 7) is 5.88. The van der Waals surface area contributed by atoms with E-state index in [-0.39, 0.29) is 38.3 Å². The number of hydrogen-bond acceptors (Lipinski definition) is 7. The topological polar surface area (TPSA) is 102 Å². The van der Waals surface area contributed by atoms with E-state index < -0.39 is 41.6 Å². The summed E-state index contributed by atoms with van der Waals surface area (Å²) in [6, 6.07) is 15.0. The molecule has 9 heteroatoms. The zero-order valence-electron chi connectivity index (χ0n) is 21.1. The highest BCUT2D eigenvalue weighted by atomic mass is 16.7. The average molecular weight is 507 g/mol. The average Bonchev–Trinajstić information content (AvgIpc) is 3.51. The second-order valence-corrected chi connectivity index (χ2v) is 10.6. The van der Waals surface area contributed by atoms with Crippen molar-refractivity contribution in [1.82, 2.24) is 9.96 Å². The molecule has 0 spiro atoms. The van der Waals surface area contributed by atoms with Crippen molar-refractivity contribution in [3.63, 3.8) is 0 Å². The second kappa shape index (κ2) is 9.63. The molecule has 0 aromatic heterocycles. The highest BCUT2D eigenvalue weighted by molar-refractivity contribution is 6.02. The lowest BCUT2D eigenvalue weighted by molar-refractivity contribution is -0.200. The molecular formula is C28H30N2O7. The van der Waals surface area contributed by atoms with E-state index in [1.165, 1.54) is 4.90 Å². The van der Waals surface area contributed by atoms with Gasteiger partial charge in [0, 0.05) is 25.2 Å². The van der Waals surface area contributed by atoms with Gasteiger partial charge in [-0.3, -0.25) is 14.5 Å². The minimum atomic E-state index is -1.05. The van der Waals surface area contributed by atoms with Crippen LogP contribution in [0, 0.1) is 0 Å². The van der Waals surface area contributed by atoms with Crippen LogP contribution >= 0.6 is 0 Å². The van der Waals surface area contributed by atoms with Crippen molar-refractivity contribution in [1.29, 1.82) is 0 Å². The standard InChI is InChI=1S/C28H30N2O7/c1-28(2,3)36-17-14-23(26(33)37-30-24(31)12-13-25(30)32)29(15-17)27(34)35-16-22-20-10-6-4-8-18(20)19-9-5-7-11-21(19)22/h4-11,17,22-23H,12-16H2,1-3H3. The summed E-state index contributed by atoms with van der Waals surface area (Å²) in [5.41, 5.74) is 3.88. The fourth-order valence-corrected chi connectivity index (χ4v) is 5.29. The molecule has 5 rings (SSSR count). The minimum Gasteiger partial charge on any atom is -0.448 e. The molecule has 3 amide bonds. The van der Waals surface area contributed by atoms with Gasteiger partial charge in [0.05, 0.1) is 18.2 Å². The number of ether oxygens (including phenoxy) is 2. The van der Waals surface area contributed by atoms with E-state index in [4.69, 9.17) is 14.3 Å². The molecule has 0 bridgehead atoms. The van der Waals surface area contributed by atoms with Gasteiger partial charge in [0.15, 0.2) is 0 Å². The van der Waals surface area contributed by atoms with Crippen LogP contribution in [0.15, 0.2) is 48.5 Å². The van der Waals surface area contributed by atoms with Crippen LogP contribution in [-0.2, 0) is 28.7 Å². The first-order chi connectivity index (χ1) is 17.6. The molecular weight excluding hydrogens is 476 g/mol. The number of nitrogens with zero attached hydrogens (tertiary/aromatic N) is 2. The van der Waals surface area contributed by atoms with Gasteiger partial charge in [-0.1, -0.05) is 48.5 Å². The Bertz CT molecular complexity index is 1190. The summed E-state index contributed by atoms with van der Waals surface area (Å²) in [5, 5.41) is 0.496. The molecule has 0 saturated carbocycles. The molecule has 0 N–H and O–H groups in total.